The molecule has 3 N–H and O–H groups in total. The quantitative estimate of drug-likeness (QED) is 0.384. The van der Waals surface area contributed by atoms with Crippen molar-refractivity contribution in [3.63, 3.8) is 0 Å². The fourth-order valence-electron chi connectivity index (χ4n) is 3.82. The number of anilines is 1. The van der Waals surface area contributed by atoms with Crippen LogP contribution in [0.3, 0.4) is 0 Å². The van der Waals surface area contributed by atoms with Gasteiger partial charge < -0.3 is 25.1 Å². The molecule has 4 rings (SSSR count). The number of carbonyl (C=O) groups excluding carboxylic acids is 1. The molecule has 0 bridgehead atoms. The van der Waals surface area contributed by atoms with Crippen LogP contribution in [0.1, 0.15) is 38.8 Å². The van der Waals surface area contributed by atoms with Crippen molar-refractivity contribution >= 4 is 35.7 Å². The van der Waals surface area contributed by atoms with Crippen molar-refractivity contribution in [3.05, 3.63) is 83.3 Å². The van der Waals surface area contributed by atoms with Crippen LogP contribution in [0.25, 0.3) is 16.8 Å². The van der Waals surface area contributed by atoms with Crippen LogP contribution in [0.2, 0.25) is 0 Å². The lowest BCUT2D eigenvalue weighted by molar-refractivity contribution is 0.00578. The van der Waals surface area contributed by atoms with E-state index in [1.165, 1.54) is 0 Å². The lowest BCUT2D eigenvalue weighted by Gasteiger charge is -2.32. The van der Waals surface area contributed by atoms with E-state index in [0.717, 1.165) is 27.4 Å². The van der Waals surface area contributed by atoms with Gasteiger partial charge in [-0.3, -0.25) is 0 Å². The van der Waals surface area contributed by atoms with E-state index in [1.807, 2.05) is 101 Å². The highest BCUT2D eigenvalue weighted by molar-refractivity contribution is 6.56. The molecular weight excluding hydrogens is 427 g/mol. The number of hydrogen-bond donors (Lipinski definition) is 2. The lowest BCUT2D eigenvalue weighted by Crippen LogP contribution is -2.41. The van der Waals surface area contributed by atoms with Crippen molar-refractivity contribution in [1.29, 1.82) is 0 Å². The molecule has 1 aliphatic heterocycles. The molecule has 176 valence electrons. The monoisotopic (exact) mass is 458 g/mol. The van der Waals surface area contributed by atoms with Gasteiger partial charge in [-0.15, -0.1) is 0 Å². The summed E-state index contributed by atoms with van der Waals surface area (Å²) in [6, 6.07) is 21.4. The highest BCUT2D eigenvalue weighted by atomic mass is 16.7. The molecule has 0 unspecified atom stereocenters. The molecule has 34 heavy (non-hydrogen) atoms. The third-order valence-corrected chi connectivity index (χ3v) is 6.54. The van der Waals surface area contributed by atoms with Crippen LogP contribution in [0.4, 0.5) is 10.5 Å². The molecule has 1 fully saturated rings. The molecule has 0 radical (unpaired) electrons. The van der Waals surface area contributed by atoms with Gasteiger partial charge in [0.05, 0.1) is 11.2 Å². The van der Waals surface area contributed by atoms with E-state index in [-0.39, 0.29) is 13.2 Å². The highest BCUT2D eigenvalue weighted by Crippen LogP contribution is 2.39. The number of fused-ring (bicyclic) bond motifs is 1. The third-order valence-electron chi connectivity index (χ3n) is 6.54. The summed E-state index contributed by atoms with van der Waals surface area (Å²) in [6.45, 7) is 8.43. The molecule has 7 heteroatoms. The summed E-state index contributed by atoms with van der Waals surface area (Å²) in [6.07, 6.45) is 1.50. The first-order chi connectivity index (χ1) is 16.2. The number of nitrogens with one attached hydrogen (secondary N) is 1. The van der Waals surface area contributed by atoms with Gasteiger partial charge in [-0.05, 0) is 55.7 Å². The van der Waals surface area contributed by atoms with Crippen LogP contribution in [0.15, 0.2) is 72.2 Å². The Morgan fingerprint density at radius 1 is 0.941 bits per heavy atom. The van der Waals surface area contributed by atoms with Crippen molar-refractivity contribution in [3.8, 4) is 0 Å². The van der Waals surface area contributed by atoms with Crippen molar-refractivity contribution in [2.24, 2.45) is 0 Å². The predicted molar refractivity (Wildman–Crippen MR) is 137 cm³/mol. The highest BCUT2D eigenvalue weighted by Gasteiger charge is 2.52. The topological polar surface area (TPSA) is 82.8 Å². The zero-order chi connectivity index (χ0) is 24.3. The number of alkyl carbamates (subject to hydrolysis) is 1. The molecular formula is C27H31BN2O4. The second-order valence-electron chi connectivity index (χ2n) is 9.51. The van der Waals surface area contributed by atoms with Gasteiger partial charge >= 0.3 is 13.2 Å². The number of nitrogens with two attached hydrogens (primary N) is 1. The molecule has 0 aromatic heterocycles. The van der Waals surface area contributed by atoms with Gasteiger partial charge in [0.15, 0.2) is 0 Å². The Balaban J connectivity index is 1.58. The van der Waals surface area contributed by atoms with E-state index in [4.69, 9.17) is 19.8 Å². The molecule has 3 aromatic carbocycles. The van der Waals surface area contributed by atoms with E-state index >= 15 is 0 Å². The molecule has 0 aliphatic carbocycles. The summed E-state index contributed by atoms with van der Waals surface area (Å²) in [5, 5.41) is 4.84. The standard InChI is InChI=1S/C27H31BN2O4/c1-26(2)27(3,4)34-28(33-26)21(17-30-25(31)32-18-19-10-6-5-7-11-19)16-20-14-15-24(29)23-13-9-8-12-22(20)23/h5-16H,17-18,29H2,1-4H3,(H,30,31). The Morgan fingerprint density at radius 3 is 2.24 bits per heavy atom. The van der Waals surface area contributed by atoms with Crippen LogP contribution in [-0.4, -0.2) is 31.0 Å². The van der Waals surface area contributed by atoms with Crippen molar-refractivity contribution in [2.75, 3.05) is 12.3 Å². The first kappa shape index (κ1) is 23.9. The Bertz CT molecular complexity index is 1190. The molecule has 3 aromatic rings. The molecule has 1 heterocycles. The Kier molecular flexibility index (Phi) is 6.68. The number of benzene rings is 3. The van der Waals surface area contributed by atoms with Gasteiger partial charge in [0.1, 0.15) is 6.61 Å². The average Bonchev–Trinajstić information content (AvgIpc) is 3.04. The largest absolute Gasteiger partial charge is 0.492 e. The minimum absolute atomic E-state index is 0.199. The van der Waals surface area contributed by atoms with Gasteiger partial charge in [-0.1, -0.05) is 66.7 Å². The Hall–Kier alpha value is -3.29. The minimum atomic E-state index is -0.615. The van der Waals surface area contributed by atoms with E-state index in [1.54, 1.807) is 0 Å². The van der Waals surface area contributed by atoms with E-state index in [0.29, 0.717) is 5.69 Å². The molecule has 1 amide bonds. The second kappa shape index (κ2) is 9.53. The zero-order valence-electron chi connectivity index (χ0n) is 20.1. The van der Waals surface area contributed by atoms with Crippen LogP contribution in [0.5, 0.6) is 0 Å². The fourth-order valence-corrected chi connectivity index (χ4v) is 3.82. The summed E-state index contributed by atoms with van der Waals surface area (Å²) in [5.41, 5.74) is 8.56. The summed E-state index contributed by atoms with van der Waals surface area (Å²) in [5.74, 6) is 0. The average molecular weight is 458 g/mol. The number of nitrogen functional groups attached to an aromatic ring is 1. The first-order valence-corrected chi connectivity index (χ1v) is 11.4. The van der Waals surface area contributed by atoms with Gasteiger partial charge in [0, 0.05) is 17.6 Å². The molecule has 0 atom stereocenters. The molecule has 1 saturated heterocycles. The molecule has 1 aliphatic rings. The fraction of sp³-hybridized carbons (Fsp3) is 0.296. The lowest BCUT2D eigenvalue weighted by atomic mass is 9.76. The second-order valence-corrected chi connectivity index (χ2v) is 9.51. The Labute approximate surface area is 201 Å². The SMILES string of the molecule is CC1(C)OB(C(=Cc2ccc(N)c3ccccc23)CNC(=O)OCc2ccccc2)OC1(C)C. The molecule has 0 saturated carbocycles. The minimum Gasteiger partial charge on any atom is -0.445 e. The summed E-state index contributed by atoms with van der Waals surface area (Å²) in [4.78, 5) is 12.4. The molecule has 0 spiro atoms. The summed E-state index contributed by atoms with van der Waals surface area (Å²) < 4.78 is 18.0. The van der Waals surface area contributed by atoms with E-state index in [2.05, 4.69) is 5.32 Å². The van der Waals surface area contributed by atoms with Crippen LogP contribution >= 0.6 is 0 Å². The number of hydrogen-bond acceptors (Lipinski definition) is 5. The number of rotatable bonds is 6. The van der Waals surface area contributed by atoms with Crippen LogP contribution in [-0.2, 0) is 20.7 Å². The number of amides is 1. The van der Waals surface area contributed by atoms with Crippen LogP contribution in [0, 0.1) is 0 Å². The number of ether oxygens (including phenoxy) is 1. The van der Waals surface area contributed by atoms with E-state index < -0.39 is 24.4 Å². The number of carbonyl (C=O) groups is 1. The third kappa shape index (κ3) is 5.11. The zero-order valence-corrected chi connectivity index (χ0v) is 20.1. The van der Waals surface area contributed by atoms with Crippen molar-refractivity contribution in [1.82, 2.24) is 5.32 Å². The first-order valence-electron chi connectivity index (χ1n) is 11.4. The van der Waals surface area contributed by atoms with Crippen molar-refractivity contribution < 1.29 is 18.8 Å². The maximum atomic E-state index is 12.4. The van der Waals surface area contributed by atoms with Gasteiger partial charge in [-0.2, -0.15) is 0 Å². The van der Waals surface area contributed by atoms with Gasteiger partial charge in [0.2, 0.25) is 0 Å². The predicted octanol–water partition coefficient (Wildman–Crippen LogP) is 5.36. The van der Waals surface area contributed by atoms with Gasteiger partial charge in [0.25, 0.3) is 0 Å². The summed E-state index contributed by atoms with van der Waals surface area (Å²) in [7, 11) is -0.615. The van der Waals surface area contributed by atoms with E-state index in [9.17, 15) is 4.79 Å². The van der Waals surface area contributed by atoms with Gasteiger partial charge in [-0.25, -0.2) is 4.79 Å². The Morgan fingerprint density at radius 2 is 1.56 bits per heavy atom. The maximum Gasteiger partial charge on any atom is 0.492 e. The molecule has 6 nitrogen and oxygen atoms in total. The summed E-state index contributed by atoms with van der Waals surface area (Å²) >= 11 is 0. The van der Waals surface area contributed by atoms with Crippen LogP contribution < -0.4 is 11.1 Å². The normalized spacial score (nSPS) is 17.1. The smallest absolute Gasteiger partial charge is 0.445 e. The van der Waals surface area contributed by atoms with Crippen molar-refractivity contribution in [2.45, 2.75) is 45.5 Å². The maximum absolute atomic E-state index is 12.4.